The van der Waals surface area contributed by atoms with Crippen LogP contribution in [0.1, 0.15) is 31.8 Å². The Bertz CT molecular complexity index is 2980. The summed E-state index contributed by atoms with van der Waals surface area (Å²) >= 11 is 13.2. The van der Waals surface area contributed by atoms with Crippen molar-refractivity contribution in [2.24, 2.45) is 0 Å². The molecular weight excluding hydrogens is 839 g/mol. The van der Waals surface area contributed by atoms with Gasteiger partial charge >= 0.3 is 6.01 Å². The number of anilines is 2. The van der Waals surface area contributed by atoms with Gasteiger partial charge in [0.15, 0.2) is 5.82 Å². The fraction of sp³-hybridized carbons (Fsp3) is 0.0444. The Morgan fingerprint density at radius 3 is 1.68 bits per heavy atom. The molecule has 306 valence electrons. The second-order valence-corrected chi connectivity index (χ2v) is 14.3. The summed E-state index contributed by atoms with van der Waals surface area (Å²) < 4.78 is 40.7. The highest BCUT2D eigenvalue weighted by molar-refractivity contribution is 6.33. The molecule has 0 radical (unpaired) electrons. The Morgan fingerprint density at radius 2 is 1.11 bits per heavy atom. The van der Waals surface area contributed by atoms with Crippen molar-refractivity contribution >= 4 is 46.7 Å². The molecular formula is C45H29Cl2F2N9O4. The van der Waals surface area contributed by atoms with E-state index in [2.05, 4.69) is 45.5 Å². The van der Waals surface area contributed by atoms with Crippen molar-refractivity contribution in [2.75, 3.05) is 10.6 Å². The van der Waals surface area contributed by atoms with E-state index in [0.717, 1.165) is 11.8 Å². The van der Waals surface area contributed by atoms with Crippen LogP contribution in [0.25, 0.3) is 33.4 Å². The topological polar surface area (TPSA) is 167 Å². The molecule has 17 heteroatoms. The van der Waals surface area contributed by atoms with Crippen molar-refractivity contribution in [1.82, 2.24) is 34.9 Å². The van der Waals surface area contributed by atoms with Gasteiger partial charge in [-0.3, -0.25) is 19.6 Å². The second-order valence-electron chi connectivity index (χ2n) is 13.5. The smallest absolute Gasteiger partial charge is 0.321 e. The number of amides is 2. The van der Waals surface area contributed by atoms with Crippen molar-refractivity contribution < 1.29 is 27.8 Å². The van der Waals surface area contributed by atoms with Crippen LogP contribution in [0.15, 0.2) is 129 Å². The van der Waals surface area contributed by atoms with Crippen molar-refractivity contribution in [3.63, 3.8) is 0 Å². The van der Waals surface area contributed by atoms with Gasteiger partial charge in [-0.15, -0.1) is 0 Å². The minimum atomic E-state index is -0.729. The molecule has 6 heterocycles. The first-order chi connectivity index (χ1) is 30.0. The van der Waals surface area contributed by atoms with E-state index in [1.54, 1.807) is 73.1 Å². The molecule has 8 rings (SSSR count). The maximum absolute atomic E-state index is 15.3. The van der Waals surface area contributed by atoms with E-state index in [9.17, 15) is 14.0 Å². The Kier molecular flexibility index (Phi) is 11.8. The summed E-state index contributed by atoms with van der Waals surface area (Å²) in [4.78, 5) is 54.3. The van der Waals surface area contributed by atoms with Crippen LogP contribution >= 0.6 is 23.2 Å². The number of aryl methyl sites for hydroxylation is 1. The third-order valence-corrected chi connectivity index (χ3v) is 10.0. The summed E-state index contributed by atoms with van der Waals surface area (Å²) in [5.41, 5.74) is 5.03. The first-order valence-corrected chi connectivity index (χ1v) is 19.2. The number of nitrogens with zero attached hydrogens (tertiary/aromatic N) is 7. The van der Waals surface area contributed by atoms with E-state index in [0.29, 0.717) is 60.6 Å². The van der Waals surface area contributed by atoms with Gasteiger partial charge in [-0.05, 0) is 80.1 Å². The second kappa shape index (κ2) is 17.8. The van der Waals surface area contributed by atoms with Gasteiger partial charge in [0.1, 0.15) is 29.0 Å². The molecule has 0 bridgehead atoms. The number of carbonyl (C=O) groups is 2. The molecule has 0 atom stereocenters. The molecule has 0 saturated carbocycles. The van der Waals surface area contributed by atoms with Crippen LogP contribution in [-0.4, -0.2) is 46.7 Å². The van der Waals surface area contributed by atoms with Gasteiger partial charge in [-0.2, -0.15) is 0 Å². The van der Waals surface area contributed by atoms with Crippen LogP contribution in [0, 0.1) is 25.5 Å². The van der Waals surface area contributed by atoms with Crippen LogP contribution in [0.4, 0.5) is 20.4 Å². The average Bonchev–Trinajstić information content (AvgIpc) is 3.26. The molecule has 0 aliphatic heterocycles. The Labute approximate surface area is 361 Å². The van der Waals surface area contributed by atoms with E-state index in [4.69, 9.17) is 32.7 Å². The minimum Gasteiger partial charge on any atom is -0.436 e. The standard InChI is InChI=1S/C45H29Cl2F2N9O4/c1-24-11-12-50-21-34(24)42(59)57-40-9-3-26(16-52-40)32-7-5-30(14-36(32)46)61-44-38(48)13-28(18-54-44)29-19-55-45(56-20-29)62-31-6-8-33(37(47)15-31)27-4-10-41(53-17-27)58-43(60)35-22-51-23-39(49)25(35)2/h3-23H,1-2H3,(H,52,57,59)(H,53,58,60). The predicted octanol–water partition coefficient (Wildman–Crippen LogP) is 10.7. The number of pyridine rings is 5. The van der Waals surface area contributed by atoms with E-state index in [-0.39, 0.29) is 40.5 Å². The first kappa shape index (κ1) is 41.0. The number of benzene rings is 2. The van der Waals surface area contributed by atoms with E-state index < -0.39 is 17.5 Å². The fourth-order valence-electron chi connectivity index (χ4n) is 6.03. The highest BCUT2D eigenvalue weighted by atomic mass is 35.5. The molecule has 0 aliphatic rings. The quantitative estimate of drug-likeness (QED) is 0.127. The van der Waals surface area contributed by atoms with Gasteiger partial charge in [0.25, 0.3) is 17.7 Å². The summed E-state index contributed by atoms with van der Waals surface area (Å²) in [7, 11) is 0. The lowest BCUT2D eigenvalue weighted by Gasteiger charge is -2.11. The molecule has 0 unspecified atom stereocenters. The molecule has 0 saturated heterocycles. The van der Waals surface area contributed by atoms with Gasteiger partial charge in [-0.25, -0.2) is 33.7 Å². The van der Waals surface area contributed by atoms with Crippen LogP contribution in [0.2, 0.25) is 10.0 Å². The van der Waals surface area contributed by atoms with E-state index in [1.165, 1.54) is 56.2 Å². The van der Waals surface area contributed by atoms with Crippen LogP contribution in [0.5, 0.6) is 23.4 Å². The lowest BCUT2D eigenvalue weighted by Crippen LogP contribution is -2.15. The summed E-state index contributed by atoms with van der Waals surface area (Å²) in [6, 6.07) is 19.6. The predicted molar refractivity (Wildman–Crippen MR) is 229 cm³/mol. The minimum absolute atomic E-state index is 0.0196. The first-order valence-electron chi connectivity index (χ1n) is 18.5. The third kappa shape index (κ3) is 9.18. The lowest BCUT2D eigenvalue weighted by molar-refractivity contribution is 0.101. The van der Waals surface area contributed by atoms with E-state index in [1.807, 2.05) is 6.92 Å². The van der Waals surface area contributed by atoms with Gasteiger partial charge < -0.3 is 20.1 Å². The van der Waals surface area contributed by atoms with Gasteiger partial charge in [0, 0.05) is 101 Å². The molecule has 0 fully saturated rings. The molecule has 0 spiro atoms. The van der Waals surface area contributed by atoms with Gasteiger partial charge in [-0.1, -0.05) is 23.2 Å². The van der Waals surface area contributed by atoms with Crippen molar-refractivity contribution in [3.8, 4) is 56.8 Å². The van der Waals surface area contributed by atoms with Gasteiger partial charge in [0.05, 0.1) is 27.4 Å². The Balaban J connectivity index is 0.865. The average molecular weight is 869 g/mol. The molecule has 0 aliphatic carbocycles. The highest BCUT2D eigenvalue weighted by Gasteiger charge is 2.16. The summed E-state index contributed by atoms with van der Waals surface area (Å²) in [6.07, 6.45) is 12.9. The SMILES string of the molecule is Cc1ccncc1C(=O)Nc1ccc(-c2ccc(Oc3ncc(-c4cnc(Oc5ccc(-c6ccc(NC(=O)c7cncc(F)c7C)nc6)c(Cl)c5)nc4)cc3F)cc2Cl)cn1. The number of ether oxygens (including phenoxy) is 2. The maximum atomic E-state index is 15.3. The number of aromatic nitrogens is 7. The molecule has 6 aromatic heterocycles. The van der Waals surface area contributed by atoms with Crippen molar-refractivity contribution in [1.29, 1.82) is 0 Å². The van der Waals surface area contributed by atoms with Gasteiger partial charge in [0.2, 0.25) is 0 Å². The maximum Gasteiger partial charge on any atom is 0.321 e. The van der Waals surface area contributed by atoms with Crippen LogP contribution in [-0.2, 0) is 0 Å². The third-order valence-electron chi connectivity index (χ3n) is 9.39. The zero-order valence-corrected chi connectivity index (χ0v) is 33.9. The van der Waals surface area contributed by atoms with Crippen LogP contribution < -0.4 is 20.1 Å². The molecule has 13 nitrogen and oxygen atoms in total. The Morgan fingerprint density at radius 1 is 0.548 bits per heavy atom. The number of rotatable bonds is 11. The number of hydrogen-bond donors (Lipinski definition) is 2. The molecule has 8 aromatic rings. The summed E-state index contributed by atoms with van der Waals surface area (Å²) in [5.74, 6) is -1.21. The number of carbonyl (C=O) groups excluding carboxylic acids is 2. The highest BCUT2D eigenvalue weighted by Crippen LogP contribution is 2.35. The molecule has 2 aromatic carbocycles. The summed E-state index contributed by atoms with van der Waals surface area (Å²) in [6.45, 7) is 3.32. The number of halogens is 4. The van der Waals surface area contributed by atoms with E-state index >= 15 is 4.39 Å². The fourth-order valence-corrected chi connectivity index (χ4v) is 6.59. The normalized spacial score (nSPS) is 10.9. The van der Waals surface area contributed by atoms with Crippen LogP contribution in [0.3, 0.4) is 0 Å². The Hall–Kier alpha value is -7.75. The summed E-state index contributed by atoms with van der Waals surface area (Å²) in [5, 5.41) is 6.07. The number of nitrogens with one attached hydrogen (secondary N) is 2. The molecule has 2 N–H and O–H groups in total. The monoisotopic (exact) mass is 867 g/mol. The lowest BCUT2D eigenvalue weighted by atomic mass is 10.1. The largest absolute Gasteiger partial charge is 0.436 e. The molecule has 2 amide bonds. The zero-order valence-electron chi connectivity index (χ0n) is 32.4. The number of hydrogen-bond acceptors (Lipinski definition) is 11. The molecule has 62 heavy (non-hydrogen) atoms. The van der Waals surface area contributed by atoms with Crippen molar-refractivity contribution in [2.45, 2.75) is 13.8 Å². The zero-order chi connectivity index (χ0) is 43.3. The van der Waals surface area contributed by atoms with Crippen molar-refractivity contribution in [3.05, 3.63) is 173 Å².